The molecule has 0 bridgehead atoms. The minimum atomic E-state index is -0.517. The maximum Gasteiger partial charge on any atom is 0.412 e. The van der Waals surface area contributed by atoms with Gasteiger partial charge in [-0.25, -0.2) is 4.79 Å². The van der Waals surface area contributed by atoms with Crippen molar-refractivity contribution in [2.45, 2.75) is 13.3 Å². The number of para-hydroxylation sites is 1. The van der Waals surface area contributed by atoms with Crippen molar-refractivity contribution in [3.8, 4) is 5.69 Å². The quantitative estimate of drug-likeness (QED) is 0.898. The molecule has 0 unspecified atom stereocenters. The van der Waals surface area contributed by atoms with Crippen LogP contribution in [0.25, 0.3) is 5.69 Å². The summed E-state index contributed by atoms with van der Waals surface area (Å²) >= 11 is 0. The molecule has 1 N–H and O–H groups in total. The molecule has 0 saturated carbocycles. The third-order valence-electron chi connectivity index (χ3n) is 2.15. The molecule has 0 saturated heterocycles. The van der Waals surface area contributed by atoms with Gasteiger partial charge in [0.15, 0.2) is 5.82 Å². The van der Waals surface area contributed by atoms with Gasteiger partial charge in [-0.15, -0.1) is 9.90 Å². The number of hydrogen-bond acceptors (Lipinski definition) is 4. The summed E-state index contributed by atoms with van der Waals surface area (Å²) in [5, 5.41) is 10.7. The molecule has 0 aliphatic heterocycles. The van der Waals surface area contributed by atoms with Crippen molar-refractivity contribution in [1.29, 1.82) is 0 Å². The minimum Gasteiger partial charge on any atom is -0.449 e. The second-order valence-corrected chi connectivity index (χ2v) is 3.62. The maximum atomic E-state index is 11.3. The Kier molecular flexibility index (Phi) is 3.90. The standard InChI is InChI=1S/C12H14N4O2/c1-2-8-18-12(17)14-11-9-13-16(15-11)10-6-4-3-5-7-10/h3-7,9H,2,8H2,1H3,(H,14,15,17). The Balaban J connectivity index is 2.00. The highest BCUT2D eigenvalue weighted by Gasteiger charge is 2.06. The number of benzene rings is 1. The van der Waals surface area contributed by atoms with E-state index in [1.807, 2.05) is 37.3 Å². The summed E-state index contributed by atoms with van der Waals surface area (Å²) in [4.78, 5) is 12.7. The number of anilines is 1. The third-order valence-corrected chi connectivity index (χ3v) is 2.15. The highest BCUT2D eigenvalue weighted by molar-refractivity contribution is 5.82. The number of nitrogens with zero attached hydrogens (tertiary/aromatic N) is 3. The fraction of sp³-hybridized carbons (Fsp3) is 0.250. The predicted molar refractivity (Wildman–Crippen MR) is 66.6 cm³/mol. The molecule has 1 aromatic heterocycles. The Bertz CT molecular complexity index is 510. The number of hydrogen-bond donors (Lipinski definition) is 1. The molecule has 18 heavy (non-hydrogen) atoms. The SMILES string of the molecule is CCCOC(=O)Nc1cnn(-c2ccccc2)n1. The van der Waals surface area contributed by atoms with Gasteiger partial charge in [-0.2, -0.15) is 5.10 Å². The second kappa shape index (κ2) is 5.81. The van der Waals surface area contributed by atoms with Gasteiger partial charge in [0.1, 0.15) is 0 Å². The Hall–Kier alpha value is -2.37. The number of carbonyl (C=O) groups is 1. The molecule has 0 fully saturated rings. The van der Waals surface area contributed by atoms with E-state index < -0.39 is 6.09 Å². The molecule has 1 heterocycles. The monoisotopic (exact) mass is 246 g/mol. The van der Waals surface area contributed by atoms with Crippen molar-refractivity contribution in [3.05, 3.63) is 36.5 Å². The molecular formula is C12H14N4O2. The number of aromatic nitrogens is 3. The first-order valence-electron chi connectivity index (χ1n) is 5.71. The summed E-state index contributed by atoms with van der Waals surface area (Å²) in [7, 11) is 0. The number of ether oxygens (including phenoxy) is 1. The Morgan fingerprint density at radius 2 is 2.17 bits per heavy atom. The van der Waals surface area contributed by atoms with Gasteiger partial charge in [0.05, 0.1) is 18.5 Å². The number of carbonyl (C=O) groups excluding carboxylic acids is 1. The van der Waals surface area contributed by atoms with Crippen molar-refractivity contribution in [2.75, 3.05) is 11.9 Å². The third kappa shape index (κ3) is 3.07. The molecule has 0 radical (unpaired) electrons. The van der Waals surface area contributed by atoms with Crippen molar-refractivity contribution in [2.24, 2.45) is 0 Å². The molecule has 0 atom stereocenters. The Morgan fingerprint density at radius 1 is 1.39 bits per heavy atom. The van der Waals surface area contributed by atoms with Crippen LogP contribution in [0.4, 0.5) is 10.6 Å². The predicted octanol–water partition coefficient (Wildman–Crippen LogP) is 2.23. The fourth-order valence-electron chi connectivity index (χ4n) is 1.34. The van der Waals surface area contributed by atoms with Crippen LogP contribution in [0.15, 0.2) is 36.5 Å². The van der Waals surface area contributed by atoms with E-state index >= 15 is 0 Å². The van der Waals surface area contributed by atoms with Crippen LogP contribution in [0, 0.1) is 0 Å². The summed E-state index contributed by atoms with van der Waals surface area (Å²) < 4.78 is 4.88. The average molecular weight is 246 g/mol. The summed E-state index contributed by atoms with van der Waals surface area (Å²) in [6.45, 7) is 2.32. The van der Waals surface area contributed by atoms with Crippen LogP contribution in [0.1, 0.15) is 13.3 Å². The van der Waals surface area contributed by atoms with Crippen molar-refractivity contribution < 1.29 is 9.53 Å². The number of rotatable bonds is 4. The highest BCUT2D eigenvalue weighted by Crippen LogP contribution is 2.07. The van der Waals surface area contributed by atoms with E-state index in [-0.39, 0.29) is 0 Å². The molecule has 2 aromatic rings. The zero-order chi connectivity index (χ0) is 12.8. The zero-order valence-corrected chi connectivity index (χ0v) is 10.0. The van der Waals surface area contributed by atoms with E-state index in [1.165, 1.54) is 11.0 Å². The molecule has 6 nitrogen and oxygen atoms in total. The molecule has 94 valence electrons. The normalized spacial score (nSPS) is 10.1. The molecule has 6 heteroatoms. The van der Waals surface area contributed by atoms with Crippen LogP contribution in [0.3, 0.4) is 0 Å². The van der Waals surface area contributed by atoms with E-state index in [0.717, 1.165) is 12.1 Å². The van der Waals surface area contributed by atoms with Crippen molar-refractivity contribution in [3.63, 3.8) is 0 Å². The lowest BCUT2D eigenvalue weighted by Crippen LogP contribution is -2.14. The summed E-state index contributed by atoms with van der Waals surface area (Å²) in [6.07, 6.45) is 1.74. The Labute approximate surface area is 105 Å². The van der Waals surface area contributed by atoms with Crippen molar-refractivity contribution in [1.82, 2.24) is 15.0 Å². The molecule has 0 aliphatic rings. The van der Waals surface area contributed by atoms with Gasteiger partial charge in [-0.05, 0) is 18.6 Å². The molecular weight excluding hydrogens is 232 g/mol. The van der Waals surface area contributed by atoms with Crippen LogP contribution < -0.4 is 5.32 Å². The van der Waals surface area contributed by atoms with E-state index in [2.05, 4.69) is 15.5 Å². The van der Waals surface area contributed by atoms with Gasteiger partial charge in [0, 0.05) is 0 Å². The largest absolute Gasteiger partial charge is 0.449 e. The van der Waals surface area contributed by atoms with Crippen LogP contribution in [-0.2, 0) is 4.74 Å². The summed E-state index contributed by atoms with van der Waals surface area (Å²) in [6, 6.07) is 9.44. The van der Waals surface area contributed by atoms with Gasteiger partial charge in [-0.3, -0.25) is 5.32 Å². The first-order valence-corrected chi connectivity index (χ1v) is 5.71. The second-order valence-electron chi connectivity index (χ2n) is 3.62. The van der Waals surface area contributed by atoms with E-state index in [9.17, 15) is 4.79 Å². The first kappa shape index (κ1) is 12.1. The topological polar surface area (TPSA) is 69.0 Å². The smallest absolute Gasteiger partial charge is 0.412 e. The van der Waals surface area contributed by atoms with E-state index in [1.54, 1.807) is 0 Å². The minimum absolute atomic E-state index is 0.361. The van der Waals surface area contributed by atoms with Crippen LogP contribution in [0.5, 0.6) is 0 Å². The van der Waals surface area contributed by atoms with Gasteiger partial charge in [-0.1, -0.05) is 25.1 Å². The lowest BCUT2D eigenvalue weighted by Gasteiger charge is -2.02. The molecule has 0 aliphatic carbocycles. The average Bonchev–Trinajstić information content (AvgIpc) is 2.86. The van der Waals surface area contributed by atoms with E-state index in [4.69, 9.17) is 4.74 Å². The van der Waals surface area contributed by atoms with E-state index in [0.29, 0.717) is 12.4 Å². The highest BCUT2D eigenvalue weighted by atomic mass is 16.5. The van der Waals surface area contributed by atoms with Crippen molar-refractivity contribution >= 4 is 11.9 Å². The molecule has 1 aromatic carbocycles. The lowest BCUT2D eigenvalue weighted by molar-refractivity contribution is 0.161. The van der Waals surface area contributed by atoms with Crippen LogP contribution in [-0.4, -0.2) is 27.7 Å². The maximum absolute atomic E-state index is 11.3. The van der Waals surface area contributed by atoms with Gasteiger partial charge >= 0.3 is 6.09 Å². The molecule has 0 spiro atoms. The molecule has 1 amide bonds. The van der Waals surface area contributed by atoms with Crippen LogP contribution in [0.2, 0.25) is 0 Å². The summed E-state index contributed by atoms with van der Waals surface area (Å²) in [5.74, 6) is 0.361. The zero-order valence-electron chi connectivity index (χ0n) is 10.0. The molecule has 2 rings (SSSR count). The summed E-state index contributed by atoms with van der Waals surface area (Å²) in [5.41, 5.74) is 0.826. The van der Waals surface area contributed by atoms with Gasteiger partial charge in [0.25, 0.3) is 0 Å². The number of amides is 1. The fourth-order valence-corrected chi connectivity index (χ4v) is 1.34. The van der Waals surface area contributed by atoms with Gasteiger partial charge < -0.3 is 4.74 Å². The van der Waals surface area contributed by atoms with Crippen LogP contribution >= 0.6 is 0 Å². The Morgan fingerprint density at radius 3 is 2.89 bits per heavy atom. The number of nitrogens with one attached hydrogen (secondary N) is 1. The van der Waals surface area contributed by atoms with Gasteiger partial charge in [0.2, 0.25) is 0 Å². The first-order chi connectivity index (χ1) is 8.79. The lowest BCUT2D eigenvalue weighted by atomic mass is 10.3.